The van der Waals surface area contributed by atoms with Crippen molar-refractivity contribution in [1.29, 1.82) is 0 Å². The highest BCUT2D eigenvalue weighted by molar-refractivity contribution is 7.99. The number of benzene rings is 1. The van der Waals surface area contributed by atoms with E-state index >= 15 is 0 Å². The monoisotopic (exact) mass is 372 g/mol. The second-order valence-corrected chi connectivity index (χ2v) is 7.63. The van der Waals surface area contributed by atoms with E-state index in [2.05, 4.69) is 20.2 Å². The molecule has 25 heavy (non-hydrogen) atoms. The molecule has 0 amide bonds. The van der Waals surface area contributed by atoms with Crippen molar-refractivity contribution in [2.75, 3.05) is 5.75 Å². The van der Waals surface area contributed by atoms with Gasteiger partial charge >= 0.3 is 0 Å². The number of thioether (sulfide) groups is 1. The largest absolute Gasteiger partial charge is 0.441 e. The first-order chi connectivity index (χ1) is 12.3. The lowest BCUT2D eigenvalue weighted by atomic mass is 10.3. The van der Waals surface area contributed by atoms with Crippen LogP contribution in [0.1, 0.15) is 28.9 Å². The normalized spacial score (nSPS) is 11.4. The Morgan fingerprint density at radius 3 is 2.84 bits per heavy atom. The molecule has 0 aliphatic rings. The third-order valence-electron chi connectivity index (χ3n) is 3.55. The third-order valence-corrected chi connectivity index (χ3v) is 5.27. The van der Waals surface area contributed by atoms with Gasteiger partial charge < -0.3 is 8.83 Å². The predicted octanol–water partition coefficient (Wildman–Crippen LogP) is 4.29. The summed E-state index contributed by atoms with van der Waals surface area (Å²) in [7, 11) is 0. The van der Waals surface area contributed by atoms with Gasteiger partial charge in [0, 0.05) is 17.6 Å². The molecule has 3 heterocycles. The lowest BCUT2D eigenvalue weighted by Crippen LogP contribution is -1.88. The van der Waals surface area contributed by atoms with Gasteiger partial charge in [0.15, 0.2) is 11.5 Å². The van der Waals surface area contributed by atoms with Crippen molar-refractivity contribution in [3.8, 4) is 0 Å². The Bertz CT molecular complexity index is 943. The Balaban J connectivity index is 1.26. The molecule has 0 bridgehead atoms. The maximum Gasteiger partial charge on any atom is 0.276 e. The van der Waals surface area contributed by atoms with Gasteiger partial charge in [0.2, 0.25) is 5.89 Å². The van der Waals surface area contributed by atoms with E-state index in [0.29, 0.717) is 17.5 Å². The van der Waals surface area contributed by atoms with E-state index in [1.165, 1.54) is 0 Å². The second-order valence-electron chi connectivity index (χ2n) is 5.52. The molecule has 128 valence electrons. The van der Waals surface area contributed by atoms with E-state index in [1.54, 1.807) is 23.1 Å². The molecule has 3 aromatic heterocycles. The van der Waals surface area contributed by atoms with Crippen molar-refractivity contribution in [3.05, 3.63) is 52.1 Å². The number of nitrogens with zero attached hydrogens (tertiary/aromatic N) is 4. The van der Waals surface area contributed by atoms with Crippen LogP contribution in [0, 0.1) is 6.92 Å². The number of para-hydroxylation sites is 2. The maximum absolute atomic E-state index is 5.72. The topological polar surface area (TPSA) is 77.8 Å². The fourth-order valence-electron chi connectivity index (χ4n) is 2.42. The SMILES string of the molecule is Cc1nc(Cc2nnc(SCCCc3nc4ccccc4o3)o2)cs1. The minimum Gasteiger partial charge on any atom is -0.441 e. The van der Waals surface area contributed by atoms with Gasteiger partial charge in [-0.15, -0.1) is 21.5 Å². The van der Waals surface area contributed by atoms with Crippen LogP contribution in [0.15, 0.2) is 43.7 Å². The van der Waals surface area contributed by atoms with Crippen molar-refractivity contribution in [1.82, 2.24) is 20.2 Å². The van der Waals surface area contributed by atoms with Crippen molar-refractivity contribution in [2.45, 2.75) is 31.4 Å². The van der Waals surface area contributed by atoms with Crippen LogP contribution < -0.4 is 0 Å². The Kier molecular flexibility index (Phi) is 4.80. The lowest BCUT2D eigenvalue weighted by Gasteiger charge is -1.95. The third kappa shape index (κ3) is 4.08. The number of hydrogen-bond acceptors (Lipinski definition) is 8. The van der Waals surface area contributed by atoms with Crippen LogP contribution in [0.3, 0.4) is 0 Å². The Morgan fingerprint density at radius 1 is 1.08 bits per heavy atom. The highest BCUT2D eigenvalue weighted by atomic mass is 32.2. The molecule has 0 fully saturated rings. The van der Waals surface area contributed by atoms with Crippen LogP contribution in [0.2, 0.25) is 0 Å². The van der Waals surface area contributed by atoms with Crippen molar-refractivity contribution < 1.29 is 8.83 Å². The van der Waals surface area contributed by atoms with Crippen molar-refractivity contribution in [3.63, 3.8) is 0 Å². The summed E-state index contributed by atoms with van der Waals surface area (Å²) in [5, 5.41) is 11.8. The molecule has 0 radical (unpaired) electrons. The predicted molar refractivity (Wildman–Crippen MR) is 97.0 cm³/mol. The summed E-state index contributed by atoms with van der Waals surface area (Å²) in [4.78, 5) is 8.89. The number of aromatic nitrogens is 4. The lowest BCUT2D eigenvalue weighted by molar-refractivity contribution is 0.419. The quantitative estimate of drug-likeness (QED) is 0.354. The Morgan fingerprint density at radius 2 is 2.00 bits per heavy atom. The van der Waals surface area contributed by atoms with Crippen LogP contribution in [-0.4, -0.2) is 25.9 Å². The van der Waals surface area contributed by atoms with Gasteiger partial charge in [-0.1, -0.05) is 23.9 Å². The molecular weight excluding hydrogens is 356 g/mol. The molecule has 0 saturated heterocycles. The minimum atomic E-state index is 0.584. The molecule has 0 saturated carbocycles. The number of hydrogen-bond donors (Lipinski definition) is 0. The van der Waals surface area contributed by atoms with Gasteiger partial charge in [-0.2, -0.15) is 0 Å². The van der Waals surface area contributed by atoms with E-state index in [-0.39, 0.29) is 0 Å². The summed E-state index contributed by atoms with van der Waals surface area (Å²) in [6, 6.07) is 7.81. The van der Waals surface area contributed by atoms with Crippen LogP contribution >= 0.6 is 23.1 Å². The number of oxazole rings is 1. The molecule has 1 aromatic carbocycles. The minimum absolute atomic E-state index is 0.584. The first-order valence-corrected chi connectivity index (χ1v) is 9.83. The average Bonchev–Trinajstić information content (AvgIpc) is 3.32. The van der Waals surface area contributed by atoms with Crippen LogP contribution in [0.4, 0.5) is 0 Å². The molecular formula is C17H16N4O2S2. The second kappa shape index (κ2) is 7.37. The zero-order valence-corrected chi connectivity index (χ0v) is 15.3. The van der Waals surface area contributed by atoms with Crippen LogP contribution in [0.25, 0.3) is 11.1 Å². The maximum atomic E-state index is 5.72. The van der Waals surface area contributed by atoms with E-state index in [4.69, 9.17) is 8.83 Å². The van der Waals surface area contributed by atoms with Gasteiger partial charge in [0.25, 0.3) is 5.22 Å². The summed E-state index contributed by atoms with van der Waals surface area (Å²) >= 11 is 3.18. The molecule has 4 aromatic rings. The summed E-state index contributed by atoms with van der Waals surface area (Å²) in [5.41, 5.74) is 2.71. The molecule has 8 heteroatoms. The van der Waals surface area contributed by atoms with E-state index in [1.807, 2.05) is 36.6 Å². The van der Waals surface area contributed by atoms with Gasteiger partial charge in [-0.25, -0.2) is 9.97 Å². The van der Waals surface area contributed by atoms with E-state index in [9.17, 15) is 0 Å². The highest BCUT2D eigenvalue weighted by Crippen LogP contribution is 2.21. The Labute approximate surface area is 152 Å². The number of fused-ring (bicyclic) bond motifs is 1. The molecule has 0 aliphatic carbocycles. The van der Waals surface area contributed by atoms with Gasteiger partial charge in [-0.3, -0.25) is 0 Å². The van der Waals surface area contributed by atoms with E-state index in [0.717, 1.165) is 46.3 Å². The fourth-order valence-corrected chi connectivity index (χ4v) is 3.75. The molecule has 0 unspecified atom stereocenters. The highest BCUT2D eigenvalue weighted by Gasteiger charge is 2.10. The van der Waals surface area contributed by atoms with E-state index < -0.39 is 0 Å². The van der Waals surface area contributed by atoms with Crippen molar-refractivity contribution in [2.24, 2.45) is 0 Å². The van der Waals surface area contributed by atoms with Crippen LogP contribution in [0.5, 0.6) is 0 Å². The first-order valence-electron chi connectivity index (χ1n) is 7.97. The smallest absolute Gasteiger partial charge is 0.276 e. The number of thiazole rings is 1. The van der Waals surface area contributed by atoms with Gasteiger partial charge in [0.05, 0.1) is 17.1 Å². The fraction of sp³-hybridized carbons (Fsp3) is 0.294. The molecule has 0 N–H and O–H groups in total. The van der Waals surface area contributed by atoms with Crippen LogP contribution in [-0.2, 0) is 12.8 Å². The number of rotatable bonds is 7. The summed E-state index contributed by atoms with van der Waals surface area (Å²) < 4.78 is 11.4. The first kappa shape index (κ1) is 16.3. The molecule has 4 rings (SSSR count). The average molecular weight is 372 g/mol. The summed E-state index contributed by atoms with van der Waals surface area (Å²) in [5.74, 6) is 2.24. The van der Waals surface area contributed by atoms with Gasteiger partial charge in [0.1, 0.15) is 5.52 Å². The molecule has 6 nitrogen and oxygen atoms in total. The summed E-state index contributed by atoms with van der Waals surface area (Å²) in [6.07, 6.45) is 2.31. The van der Waals surface area contributed by atoms with Gasteiger partial charge in [-0.05, 0) is 25.5 Å². The summed E-state index contributed by atoms with van der Waals surface area (Å²) in [6.45, 7) is 1.99. The molecule has 0 atom stereocenters. The molecule has 0 aliphatic heterocycles. The standard InChI is InChI=1S/C17H16N4O2S2/c1-11-18-12(10-25-11)9-16-20-21-17(23-16)24-8-4-7-15-19-13-5-2-3-6-14(13)22-15/h2-3,5-6,10H,4,7-9H2,1H3. The van der Waals surface area contributed by atoms with Crippen molar-refractivity contribution >= 4 is 34.2 Å². The number of aryl methyl sites for hydroxylation is 2. The molecule has 0 spiro atoms. The Hall–Kier alpha value is -2.19. The zero-order valence-electron chi connectivity index (χ0n) is 13.6. The zero-order chi connectivity index (χ0) is 17.1.